The third kappa shape index (κ3) is 1.41. The lowest BCUT2D eigenvalue weighted by molar-refractivity contribution is 0.826. The molecule has 2 rings (SSSR count). The summed E-state index contributed by atoms with van der Waals surface area (Å²) in [6.45, 7) is 4.12. The van der Waals surface area contributed by atoms with E-state index >= 15 is 0 Å². The average Bonchev–Trinajstić information content (AvgIpc) is 2.18. The van der Waals surface area contributed by atoms with Crippen molar-refractivity contribution in [3.8, 4) is 0 Å². The van der Waals surface area contributed by atoms with Crippen molar-refractivity contribution in [2.75, 3.05) is 0 Å². The first kappa shape index (κ1) is 8.94. The molecule has 2 heterocycles. The number of fused-ring (bicyclic) bond motifs is 1. The molecule has 0 aromatic carbocycles. The van der Waals surface area contributed by atoms with E-state index < -0.39 is 0 Å². The first-order chi connectivity index (χ1) is 6.68. The molecule has 0 atom stereocenters. The predicted molar refractivity (Wildman–Crippen MR) is 56.5 cm³/mol. The lowest BCUT2D eigenvalue weighted by Crippen LogP contribution is -2.05. The summed E-state index contributed by atoms with van der Waals surface area (Å²) in [5.41, 5.74) is 0.904. The summed E-state index contributed by atoms with van der Waals surface area (Å²) >= 11 is 0. The fourth-order valence-corrected chi connectivity index (χ4v) is 1.41. The van der Waals surface area contributed by atoms with E-state index in [9.17, 15) is 4.79 Å². The Morgan fingerprint density at radius 3 is 2.93 bits per heavy atom. The lowest BCUT2D eigenvalue weighted by atomic mass is 10.1. The smallest absolute Gasteiger partial charge is 0.255 e. The molecule has 0 spiro atoms. The molecular weight excluding hydrogens is 176 g/mol. The Morgan fingerprint density at radius 1 is 1.43 bits per heavy atom. The topological polar surface area (TPSA) is 45.8 Å². The fourth-order valence-electron chi connectivity index (χ4n) is 1.41. The summed E-state index contributed by atoms with van der Waals surface area (Å²) in [6, 6.07) is 3.71. The van der Waals surface area contributed by atoms with Crippen LogP contribution < -0.4 is 5.56 Å². The average molecular weight is 188 g/mol. The number of pyridine rings is 2. The van der Waals surface area contributed by atoms with Crippen molar-refractivity contribution in [3.63, 3.8) is 0 Å². The molecule has 0 aliphatic carbocycles. The fraction of sp³-hybridized carbons (Fsp3) is 0.273. The molecule has 0 aliphatic rings. The molecule has 72 valence electrons. The SMILES string of the molecule is CC(C)c1cc2c(=O)[nH]ccc2cn1. The molecule has 0 saturated carbocycles. The predicted octanol–water partition coefficient (Wildman–Crippen LogP) is 2.05. The number of hydrogen-bond donors (Lipinski definition) is 1. The highest BCUT2D eigenvalue weighted by Gasteiger charge is 2.03. The van der Waals surface area contributed by atoms with Crippen LogP contribution in [0.3, 0.4) is 0 Å². The van der Waals surface area contributed by atoms with Gasteiger partial charge in [0.25, 0.3) is 5.56 Å². The van der Waals surface area contributed by atoms with Gasteiger partial charge in [0, 0.05) is 23.5 Å². The van der Waals surface area contributed by atoms with Crippen LogP contribution >= 0.6 is 0 Å². The van der Waals surface area contributed by atoms with Crippen LogP contribution in [0.1, 0.15) is 25.5 Å². The van der Waals surface area contributed by atoms with Crippen molar-refractivity contribution in [1.29, 1.82) is 0 Å². The molecule has 3 nitrogen and oxygen atoms in total. The van der Waals surface area contributed by atoms with E-state index in [0.717, 1.165) is 11.1 Å². The van der Waals surface area contributed by atoms with Gasteiger partial charge in [0.2, 0.25) is 0 Å². The summed E-state index contributed by atoms with van der Waals surface area (Å²) in [5.74, 6) is 0.346. The van der Waals surface area contributed by atoms with E-state index in [1.54, 1.807) is 12.4 Å². The van der Waals surface area contributed by atoms with E-state index in [-0.39, 0.29) is 5.56 Å². The second kappa shape index (κ2) is 3.25. The third-order valence-corrected chi connectivity index (χ3v) is 2.27. The monoisotopic (exact) mass is 188 g/mol. The standard InChI is InChI=1S/C11H12N2O/c1-7(2)10-5-9-8(6-13-10)3-4-12-11(9)14/h3-7H,1-2H3,(H,12,14). The van der Waals surface area contributed by atoms with Gasteiger partial charge < -0.3 is 4.98 Å². The van der Waals surface area contributed by atoms with Crippen molar-refractivity contribution in [2.45, 2.75) is 19.8 Å². The Labute approximate surface area is 81.8 Å². The number of hydrogen-bond acceptors (Lipinski definition) is 2. The Balaban J connectivity index is 2.76. The van der Waals surface area contributed by atoms with Gasteiger partial charge in [-0.25, -0.2) is 0 Å². The van der Waals surface area contributed by atoms with Gasteiger partial charge in [0.05, 0.1) is 5.39 Å². The van der Waals surface area contributed by atoms with E-state index in [1.165, 1.54) is 0 Å². The molecular formula is C11H12N2O. The molecule has 1 N–H and O–H groups in total. The molecule has 0 radical (unpaired) electrons. The van der Waals surface area contributed by atoms with Gasteiger partial charge in [-0.15, -0.1) is 0 Å². The summed E-state index contributed by atoms with van der Waals surface area (Å²) in [4.78, 5) is 18.4. The maximum Gasteiger partial charge on any atom is 0.255 e. The largest absolute Gasteiger partial charge is 0.329 e. The van der Waals surface area contributed by atoms with Crippen LogP contribution in [0.15, 0.2) is 29.3 Å². The van der Waals surface area contributed by atoms with Gasteiger partial charge in [0.15, 0.2) is 0 Å². The van der Waals surface area contributed by atoms with Gasteiger partial charge >= 0.3 is 0 Å². The maximum absolute atomic E-state index is 11.5. The molecule has 0 unspecified atom stereocenters. The van der Waals surface area contributed by atoms with Crippen LogP contribution in [0.25, 0.3) is 10.8 Å². The zero-order valence-electron chi connectivity index (χ0n) is 8.24. The van der Waals surface area contributed by atoms with Crippen LogP contribution in [0.4, 0.5) is 0 Å². The number of rotatable bonds is 1. The van der Waals surface area contributed by atoms with Crippen LogP contribution in [0, 0.1) is 0 Å². The second-order valence-electron chi connectivity index (χ2n) is 3.66. The number of aromatic amines is 1. The molecule has 0 bridgehead atoms. The van der Waals surface area contributed by atoms with Crippen molar-refractivity contribution in [2.24, 2.45) is 0 Å². The van der Waals surface area contributed by atoms with Crippen LogP contribution in [-0.2, 0) is 0 Å². The highest BCUT2D eigenvalue weighted by Crippen LogP contribution is 2.15. The molecule has 0 aliphatic heterocycles. The van der Waals surface area contributed by atoms with Gasteiger partial charge in [0.1, 0.15) is 0 Å². The zero-order chi connectivity index (χ0) is 10.1. The van der Waals surface area contributed by atoms with E-state index in [4.69, 9.17) is 0 Å². The summed E-state index contributed by atoms with van der Waals surface area (Å²) in [5, 5.41) is 1.60. The molecule has 2 aromatic heterocycles. The van der Waals surface area contributed by atoms with Crippen molar-refractivity contribution < 1.29 is 0 Å². The Morgan fingerprint density at radius 2 is 2.21 bits per heavy atom. The van der Waals surface area contributed by atoms with E-state index in [1.807, 2.05) is 12.1 Å². The second-order valence-corrected chi connectivity index (χ2v) is 3.66. The van der Waals surface area contributed by atoms with Gasteiger partial charge in [-0.3, -0.25) is 9.78 Å². The molecule has 0 amide bonds. The Bertz CT molecular complexity index is 514. The van der Waals surface area contributed by atoms with Gasteiger partial charge in [-0.05, 0) is 18.1 Å². The number of H-pyrrole nitrogens is 1. The number of nitrogens with one attached hydrogen (secondary N) is 1. The van der Waals surface area contributed by atoms with Crippen LogP contribution in [0.2, 0.25) is 0 Å². The summed E-state index contributed by atoms with van der Waals surface area (Å²) < 4.78 is 0. The molecule has 14 heavy (non-hydrogen) atoms. The minimum Gasteiger partial charge on any atom is -0.329 e. The van der Waals surface area contributed by atoms with Crippen molar-refractivity contribution in [3.05, 3.63) is 40.6 Å². The normalized spacial score (nSPS) is 11.1. The minimum atomic E-state index is -0.0493. The summed E-state index contributed by atoms with van der Waals surface area (Å²) in [7, 11) is 0. The highest BCUT2D eigenvalue weighted by molar-refractivity contribution is 5.80. The Kier molecular flexibility index (Phi) is 2.08. The maximum atomic E-state index is 11.5. The molecule has 3 heteroatoms. The van der Waals surface area contributed by atoms with Crippen LogP contribution in [0.5, 0.6) is 0 Å². The van der Waals surface area contributed by atoms with Crippen LogP contribution in [-0.4, -0.2) is 9.97 Å². The first-order valence-electron chi connectivity index (χ1n) is 4.66. The van der Waals surface area contributed by atoms with Crippen molar-refractivity contribution in [1.82, 2.24) is 9.97 Å². The summed E-state index contributed by atoms with van der Waals surface area (Å²) in [6.07, 6.45) is 3.39. The van der Waals surface area contributed by atoms with Gasteiger partial charge in [-0.1, -0.05) is 13.8 Å². The first-order valence-corrected chi connectivity index (χ1v) is 4.66. The third-order valence-electron chi connectivity index (χ3n) is 2.27. The zero-order valence-corrected chi connectivity index (χ0v) is 8.24. The van der Waals surface area contributed by atoms with Gasteiger partial charge in [-0.2, -0.15) is 0 Å². The quantitative estimate of drug-likeness (QED) is 0.744. The lowest BCUT2D eigenvalue weighted by Gasteiger charge is -2.04. The molecule has 2 aromatic rings. The Hall–Kier alpha value is -1.64. The van der Waals surface area contributed by atoms with E-state index in [0.29, 0.717) is 11.3 Å². The number of aromatic nitrogens is 2. The molecule has 0 saturated heterocycles. The minimum absolute atomic E-state index is 0.0493. The molecule has 0 fully saturated rings. The van der Waals surface area contributed by atoms with Crippen molar-refractivity contribution >= 4 is 10.8 Å². The van der Waals surface area contributed by atoms with E-state index in [2.05, 4.69) is 23.8 Å². The highest BCUT2D eigenvalue weighted by atomic mass is 16.1. The number of nitrogens with zero attached hydrogens (tertiary/aromatic N) is 1.